The molecule has 1 aliphatic rings. The van der Waals surface area contributed by atoms with Crippen molar-refractivity contribution in [3.63, 3.8) is 0 Å². The molecule has 1 N–H and O–H groups in total. The zero-order chi connectivity index (χ0) is 17.4. The van der Waals surface area contributed by atoms with Gasteiger partial charge >= 0.3 is 0 Å². The fraction of sp³-hybridized carbons (Fsp3) is 0.333. The molecule has 0 unspecified atom stereocenters. The van der Waals surface area contributed by atoms with Crippen molar-refractivity contribution < 1.29 is 4.79 Å². The molecule has 0 atom stereocenters. The summed E-state index contributed by atoms with van der Waals surface area (Å²) in [5, 5.41) is 3.14. The van der Waals surface area contributed by atoms with Gasteiger partial charge in [0.15, 0.2) is 0 Å². The molecule has 1 fully saturated rings. The largest absolute Gasteiger partial charge is 0.349 e. The average Bonchev–Trinajstić information content (AvgIpc) is 3.22. The second kappa shape index (κ2) is 6.36. The zero-order valence-electron chi connectivity index (χ0n) is 14.7. The highest BCUT2D eigenvalue weighted by Gasteiger charge is 2.18. The SMILES string of the molecule is Cc1cc(C)cc(-n2cnc3cc(C(=O)NC4CCCC4)ccc32)c1. The van der Waals surface area contributed by atoms with Gasteiger partial charge in [-0.2, -0.15) is 0 Å². The number of fused-ring (bicyclic) bond motifs is 1. The van der Waals surface area contributed by atoms with Gasteiger partial charge in [0, 0.05) is 17.3 Å². The number of hydrogen-bond donors (Lipinski definition) is 1. The number of carbonyl (C=O) groups is 1. The van der Waals surface area contributed by atoms with Crippen LogP contribution in [-0.2, 0) is 0 Å². The standard InChI is InChI=1S/C21H23N3O/c1-14-9-15(2)11-18(10-14)24-13-22-19-12-16(7-8-20(19)24)21(25)23-17-5-3-4-6-17/h7-13,17H,3-6H2,1-2H3,(H,23,25). The smallest absolute Gasteiger partial charge is 0.251 e. The van der Waals surface area contributed by atoms with Gasteiger partial charge in [0.05, 0.1) is 11.0 Å². The Labute approximate surface area is 147 Å². The molecule has 0 bridgehead atoms. The minimum atomic E-state index is 0.00903. The summed E-state index contributed by atoms with van der Waals surface area (Å²) >= 11 is 0. The minimum Gasteiger partial charge on any atom is -0.349 e. The van der Waals surface area contributed by atoms with Crippen molar-refractivity contribution >= 4 is 16.9 Å². The summed E-state index contributed by atoms with van der Waals surface area (Å²) in [6.07, 6.45) is 6.44. The normalized spacial score (nSPS) is 15.0. The maximum absolute atomic E-state index is 12.5. The maximum Gasteiger partial charge on any atom is 0.251 e. The number of nitrogens with zero attached hydrogens (tertiary/aromatic N) is 2. The molecule has 0 spiro atoms. The number of carbonyl (C=O) groups excluding carboxylic acids is 1. The Morgan fingerprint density at radius 3 is 2.52 bits per heavy atom. The molecule has 0 aliphatic heterocycles. The molecule has 1 saturated carbocycles. The van der Waals surface area contributed by atoms with Crippen LogP contribution in [0.4, 0.5) is 0 Å². The van der Waals surface area contributed by atoms with Crippen LogP contribution >= 0.6 is 0 Å². The lowest BCUT2D eigenvalue weighted by Crippen LogP contribution is -2.32. The second-order valence-corrected chi connectivity index (χ2v) is 7.12. The van der Waals surface area contributed by atoms with E-state index in [-0.39, 0.29) is 5.91 Å². The summed E-state index contributed by atoms with van der Waals surface area (Å²) in [6.45, 7) is 4.20. The Bertz CT molecular complexity index is 915. The van der Waals surface area contributed by atoms with E-state index in [1.165, 1.54) is 24.0 Å². The lowest BCUT2D eigenvalue weighted by molar-refractivity contribution is 0.0938. The average molecular weight is 333 g/mol. The predicted octanol–water partition coefficient (Wildman–Crippen LogP) is 4.31. The molecule has 1 heterocycles. The molecule has 1 amide bonds. The van der Waals surface area contributed by atoms with Gasteiger partial charge in [0.1, 0.15) is 6.33 Å². The molecule has 0 saturated heterocycles. The Morgan fingerprint density at radius 1 is 1.08 bits per heavy atom. The summed E-state index contributed by atoms with van der Waals surface area (Å²) in [5.41, 5.74) is 6.10. The summed E-state index contributed by atoms with van der Waals surface area (Å²) < 4.78 is 2.08. The number of benzene rings is 2. The van der Waals surface area contributed by atoms with Crippen molar-refractivity contribution in [2.24, 2.45) is 0 Å². The van der Waals surface area contributed by atoms with E-state index in [9.17, 15) is 4.79 Å². The highest BCUT2D eigenvalue weighted by Crippen LogP contribution is 2.22. The summed E-state index contributed by atoms with van der Waals surface area (Å²) in [4.78, 5) is 17.0. The number of aromatic nitrogens is 2. The highest BCUT2D eigenvalue weighted by molar-refractivity contribution is 5.97. The molecule has 128 valence electrons. The number of aryl methyl sites for hydroxylation is 2. The van der Waals surface area contributed by atoms with Gasteiger partial charge in [0.2, 0.25) is 0 Å². The van der Waals surface area contributed by atoms with Crippen LogP contribution in [0.5, 0.6) is 0 Å². The van der Waals surface area contributed by atoms with Crippen LogP contribution in [0.15, 0.2) is 42.7 Å². The fourth-order valence-electron chi connectivity index (χ4n) is 3.79. The summed E-state index contributed by atoms with van der Waals surface area (Å²) in [7, 11) is 0. The predicted molar refractivity (Wildman–Crippen MR) is 100 cm³/mol. The first-order valence-corrected chi connectivity index (χ1v) is 8.97. The van der Waals surface area contributed by atoms with Gasteiger partial charge in [-0.25, -0.2) is 4.98 Å². The topological polar surface area (TPSA) is 46.9 Å². The molecule has 1 aromatic heterocycles. The van der Waals surface area contributed by atoms with Crippen molar-refractivity contribution in [1.29, 1.82) is 0 Å². The first kappa shape index (κ1) is 15.9. The number of hydrogen-bond acceptors (Lipinski definition) is 2. The second-order valence-electron chi connectivity index (χ2n) is 7.12. The molecule has 4 rings (SSSR count). The molecular formula is C21H23N3O. The number of imidazole rings is 1. The highest BCUT2D eigenvalue weighted by atomic mass is 16.1. The van der Waals surface area contributed by atoms with Gasteiger partial charge in [-0.15, -0.1) is 0 Å². The van der Waals surface area contributed by atoms with E-state index in [4.69, 9.17) is 0 Å². The van der Waals surface area contributed by atoms with Crippen LogP contribution in [0.1, 0.15) is 47.2 Å². The molecule has 4 nitrogen and oxygen atoms in total. The van der Waals surface area contributed by atoms with Crippen LogP contribution in [0.25, 0.3) is 16.7 Å². The van der Waals surface area contributed by atoms with Gasteiger partial charge in [-0.1, -0.05) is 18.9 Å². The Morgan fingerprint density at radius 2 is 1.80 bits per heavy atom. The van der Waals surface area contributed by atoms with E-state index in [2.05, 4.69) is 46.9 Å². The fourth-order valence-corrected chi connectivity index (χ4v) is 3.79. The minimum absolute atomic E-state index is 0.00903. The van der Waals surface area contributed by atoms with Crippen molar-refractivity contribution in [3.05, 3.63) is 59.4 Å². The first-order valence-electron chi connectivity index (χ1n) is 8.97. The first-order chi connectivity index (χ1) is 12.1. The van der Waals surface area contributed by atoms with E-state index in [1.54, 1.807) is 0 Å². The molecule has 0 radical (unpaired) electrons. The number of amides is 1. The molecule has 25 heavy (non-hydrogen) atoms. The van der Waals surface area contributed by atoms with Crippen LogP contribution in [0, 0.1) is 13.8 Å². The number of rotatable bonds is 3. The zero-order valence-corrected chi connectivity index (χ0v) is 14.7. The maximum atomic E-state index is 12.5. The Hall–Kier alpha value is -2.62. The summed E-state index contributed by atoms with van der Waals surface area (Å²) in [5.74, 6) is 0.00903. The number of nitrogens with one attached hydrogen (secondary N) is 1. The monoisotopic (exact) mass is 333 g/mol. The molecule has 4 heteroatoms. The molecule has 1 aliphatic carbocycles. The van der Waals surface area contributed by atoms with Gasteiger partial charge in [0.25, 0.3) is 5.91 Å². The van der Waals surface area contributed by atoms with E-state index >= 15 is 0 Å². The van der Waals surface area contributed by atoms with Gasteiger partial charge in [-0.05, 0) is 68.1 Å². The van der Waals surface area contributed by atoms with E-state index in [1.807, 2.05) is 24.5 Å². The lowest BCUT2D eigenvalue weighted by atomic mass is 10.1. The lowest BCUT2D eigenvalue weighted by Gasteiger charge is -2.12. The van der Waals surface area contributed by atoms with Crippen LogP contribution in [0.3, 0.4) is 0 Å². The van der Waals surface area contributed by atoms with Crippen molar-refractivity contribution in [2.45, 2.75) is 45.6 Å². The Kier molecular flexibility index (Phi) is 4.04. The van der Waals surface area contributed by atoms with Crippen molar-refractivity contribution in [1.82, 2.24) is 14.9 Å². The third kappa shape index (κ3) is 3.16. The third-order valence-corrected chi connectivity index (χ3v) is 4.98. The van der Waals surface area contributed by atoms with E-state index in [0.717, 1.165) is 29.6 Å². The van der Waals surface area contributed by atoms with E-state index < -0.39 is 0 Å². The third-order valence-electron chi connectivity index (χ3n) is 4.98. The molecule has 3 aromatic rings. The van der Waals surface area contributed by atoms with Crippen LogP contribution in [-0.4, -0.2) is 21.5 Å². The quantitative estimate of drug-likeness (QED) is 0.776. The van der Waals surface area contributed by atoms with Gasteiger partial charge < -0.3 is 5.32 Å². The van der Waals surface area contributed by atoms with Crippen molar-refractivity contribution in [2.75, 3.05) is 0 Å². The molecular weight excluding hydrogens is 310 g/mol. The Balaban J connectivity index is 1.65. The van der Waals surface area contributed by atoms with Gasteiger partial charge in [-0.3, -0.25) is 9.36 Å². The van der Waals surface area contributed by atoms with Crippen LogP contribution < -0.4 is 5.32 Å². The molecule has 2 aromatic carbocycles. The van der Waals surface area contributed by atoms with Crippen molar-refractivity contribution in [3.8, 4) is 5.69 Å². The van der Waals surface area contributed by atoms with E-state index in [0.29, 0.717) is 11.6 Å². The summed E-state index contributed by atoms with van der Waals surface area (Å²) in [6, 6.07) is 12.6. The van der Waals surface area contributed by atoms with Crippen LogP contribution in [0.2, 0.25) is 0 Å².